The number of rotatable bonds is 13. The molecule has 0 aromatic heterocycles. The summed E-state index contributed by atoms with van der Waals surface area (Å²) in [6.07, 6.45) is 12.1. The van der Waals surface area contributed by atoms with Crippen LogP contribution < -0.4 is 0 Å². The smallest absolute Gasteiger partial charge is 0.331 e. The van der Waals surface area contributed by atoms with E-state index in [2.05, 4.69) is 13.2 Å². The summed E-state index contributed by atoms with van der Waals surface area (Å²) in [5, 5.41) is 18.3. The third kappa shape index (κ3) is 9.75. The molecular formula is C18H26O4. The first-order valence-electron chi connectivity index (χ1n) is 7.59. The van der Waals surface area contributed by atoms with Crippen molar-refractivity contribution in [2.45, 2.75) is 51.4 Å². The third-order valence-corrected chi connectivity index (χ3v) is 3.22. The molecular weight excluding hydrogens is 280 g/mol. The predicted octanol–water partition coefficient (Wildman–Crippen LogP) is 4.50. The molecule has 0 aliphatic heterocycles. The van der Waals surface area contributed by atoms with E-state index >= 15 is 0 Å². The van der Waals surface area contributed by atoms with Crippen LogP contribution in [0, 0.1) is 0 Å². The molecule has 0 unspecified atom stereocenters. The van der Waals surface area contributed by atoms with E-state index in [0.717, 1.165) is 25.7 Å². The molecule has 0 amide bonds. The highest BCUT2D eigenvalue weighted by molar-refractivity contribution is 5.88. The summed E-state index contributed by atoms with van der Waals surface area (Å²) in [5.41, 5.74) is 0.560. The van der Waals surface area contributed by atoms with Crippen LogP contribution in [-0.4, -0.2) is 22.2 Å². The van der Waals surface area contributed by atoms with Crippen LogP contribution in [0.2, 0.25) is 0 Å². The Morgan fingerprint density at radius 3 is 1.36 bits per heavy atom. The van der Waals surface area contributed by atoms with Gasteiger partial charge in [0, 0.05) is 11.1 Å². The van der Waals surface area contributed by atoms with E-state index in [1.807, 2.05) is 0 Å². The first-order valence-corrected chi connectivity index (χ1v) is 7.59. The fourth-order valence-electron chi connectivity index (χ4n) is 1.94. The molecule has 0 rings (SSSR count). The van der Waals surface area contributed by atoms with Gasteiger partial charge in [0.25, 0.3) is 0 Å². The molecule has 2 N–H and O–H groups in total. The summed E-state index contributed by atoms with van der Waals surface area (Å²) in [4.78, 5) is 22.4. The van der Waals surface area contributed by atoms with E-state index in [0.29, 0.717) is 12.8 Å². The number of aliphatic carboxylic acids is 2. The number of carboxylic acids is 2. The molecule has 0 aromatic rings. The van der Waals surface area contributed by atoms with Crippen LogP contribution in [0.3, 0.4) is 0 Å². The molecule has 0 fully saturated rings. The Morgan fingerprint density at radius 1 is 0.727 bits per heavy atom. The quantitative estimate of drug-likeness (QED) is 0.298. The van der Waals surface area contributed by atoms with Crippen molar-refractivity contribution in [3.05, 3.63) is 48.6 Å². The van der Waals surface area contributed by atoms with E-state index in [-0.39, 0.29) is 24.0 Å². The highest BCUT2D eigenvalue weighted by Gasteiger charge is 2.12. The first-order chi connectivity index (χ1) is 10.5. The monoisotopic (exact) mass is 306 g/mol. The topological polar surface area (TPSA) is 74.6 Å². The van der Waals surface area contributed by atoms with Crippen molar-refractivity contribution in [1.29, 1.82) is 0 Å². The zero-order chi connectivity index (χ0) is 16.8. The molecule has 0 atom stereocenters. The van der Waals surface area contributed by atoms with Gasteiger partial charge in [-0.1, -0.05) is 24.3 Å². The minimum atomic E-state index is -0.977. The molecule has 0 saturated heterocycles. The Hall–Kier alpha value is -2.10. The van der Waals surface area contributed by atoms with Crippen LogP contribution in [-0.2, 0) is 9.59 Å². The second-order valence-electron chi connectivity index (χ2n) is 5.01. The zero-order valence-electron chi connectivity index (χ0n) is 13.1. The molecule has 4 heteroatoms. The summed E-state index contributed by atoms with van der Waals surface area (Å²) in [5.74, 6) is -1.95. The SMILES string of the molecule is C=CCCCC=C(CCC(=CCCCC=C)C(=O)O)C(=O)O. The van der Waals surface area contributed by atoms with Crippen molar-refractivity contribution < 1.29 is 19.8 Å². The van der Waals surface area contributed by atoms with E-state index in [1.165, 1.54) is 0 Å². The summed E-state index contributed by atoms with van der Waals surface area (Å²) < 4.78 is 0. The largest absolute Gasteiger partial charge is 0.478 e. The molecule has 0 heterocycles. The van der Waals surface area contributed by atoms with Crippen molar-refractivity contribution in [3.63, 3.8) is 0 Å². The van der Waals surface area contributed by atoms with Crippen molar-refractivity contribution in [3.8, 4) is 0 Å². The number of unbranched alkanes of at least 4 members (excludes halogenated alkanes) is 4. The summed E-state index contributed by atoms with van der Waals surface area (Å²) in [7, 11) is 0. The Morgan fingerprint density at radius 2 is 1.09 bits per heavy atom. The molecule has 122 valence electrons. The molecule has 0 bridgehead atoms. The van der Waals surface area contributed by atoms with Gasteiger partial charge in [-0.05, 0) is 51.4 Å². The second-order valence-corrected chi connectivity index (χ2v) is 5.01. The van der Waals surface area contributed by atoms with Gasteiger partial charge in [-0.3, -0.25) is 0 Å². The third-order valence-electron chi connectivity index (χ3n) is 3.22. The Kier molecular flexibility index (Phi) is 11.4. The van der Waals surface area contributed by atoms with E-state index in [9.17, 15) is 9.59 Å². The molecule has 0 radical (unpaired) electrons. The van der Waals surface area contributed by atoms with Crippen molar-refractivity contribution in [1.82, 2.24) is 0 Å². The zero-order valence-corrected chi connectivity index (χ0v) is 13.1. The fourth-order valence-corrected chi connectivity index (χ4v) is 1.94. The van der Waals surface area contributed by atoms with Crippen LogP contribution >= 0.6 is 0 Å². The number of carbonyl (C=O) groups is 2. The first kappa shape index (κ1) is 19.9. The molecule has 0 aromatic carbocycles. The number of allylic oxidation sites excluding steroid dienone is 4. The maximum Gasteiger partial charge on any atom is 0.331 e. The van der Waals surface area contributed by atoms with Crippen LogP contribution in [0.15, 0.2) is 48.6 Å². The van der Waals surface area contributed by atoms with Gasteiger partial charge >= 0.3 is 11.9 Å². The van der Waals surface area contributed by atoms with E-state index in [1.54, 1.807) is 24.3 Å². The van der Waals surface area contributed by atoms with Crippen LogP contribution in [0.25, 0.3) is 0 Å². The molecule has 0 spiro atoms. The molecule has 22 heavy (non-hydrogen) atoms. The van der Waals surface area contributed by atoms with E-state index < -0.39 is 11.9 Å². The van der Waals surface area contributed by atoms with Crippen LogP contribution in [0.5, 0.6) is 0 Å². The van der Waals surface area contributed by atoms with Gasteiger partial charge in [0.2, 0.25) is 0 Å². The lowest BCUT2D eigenvalue weighted by Crippen LogP contribution is -2.05. The van der Waals surface area contributed by atoms with Gasteiger partial charge in [-0.2, -0.15) is 0 Å². The van der Waals surface area contributed by atoms with Crippen molar-refractivity contribution >= 4 is 11.9 Å². The molecule has 0 saturated carbocycles. The highest BCUT2D eigenvalue weighted by Crippen LogP contribution is 2.15. The minimum absolute atomic E-state index is 0.239. The standard InChI is InChI=1S/C18H26O4/c1-3-5-7-9-11-15(17(19)20)13-14-16(18(21)22)12-10-8-6-4-2/h3-4,11-12H,1-2,5-10,13-14H2,(H,19,20)(H,21,22). The lowest BCUT2D eigenvalue weighted by atomic mass is 10.0. The lowest BCUT2D eigenvalue weighted by molar-refractivity contribution is -0.134. The fraction of sp³-hybridized carbons (Fsp3) is 0.444. The van der Waals surface area contributed by atoms with E-state index in [4.69, 9.17) is 10.2 Å². The molecule has 4 nitrogen and oxygen atoms in total. The Balaban J connectivity index is 4.56. The van der Waals surface area contributed by atoms with Gasteiger partial charge in [0.1, 0.15) is 0 Å². The highest BCUT2D eigenvalue weighted by atomic mass is 16.4. The predicted molar refractivity (Wildman–Crippen MR) is 88.8 cm³/mol. The second kappa shape index (κ2) is 12.6. The van der Waals surface area contributed by atoms with Crippen molar-refractivity contribution in [2.75, 3.05) is 0 Å². The average Bonchev–Trinajstić information content (AvgIpc) is 2.47. The maximum atomic E-state index is 11.2. The van der Waals surface area contributed by atoms with Crippen molar-refractivity contribution in [2.24, 2.45) is 0 Å². The van der Waals surface area contributed by atoms with Crippen LogP contribution in [0.1, 0.15) is 51.4 Å². The van der Waals surface area contributed by atoms with Gasteiger partial charge in [-0.15, -0.1) is 13.2 Å². The van der Waals surface area contributed by atoms with Gasteiger partial charge < -0.3 is 10.2 Å². The average molecular weight is 306 g/mol. The van der Waals surface area contributed by atoms with Gasteiger partial charge in [0.05, 0.1) is 0 Å². The van der Waals surface area contributed by atoms with Gasteiger partial charge in [0.15, 0.2) is 0 Å². The number of hydrogen-bond donors (Lipinski definition) is 2. The number of hydrogen-bond acceptors (Lipinski definition) is 2. The molecule has 0 aliphatic carbocycles. The maximum absolute atomic E-state index is 11.2. The van der Waals surface area contributed by atoms with Crippen LogP contribution in [0.4, 0.5) is 0 Å². The summed E-state index contributed by atoms with van der Waals surface area (Å²) >= 11 is 0. The summed E-state index contributed by atoms with van der Waals surface area (Å²) in [6.45, 7) is 7.23. The summed E-state index contributed by atoms with van der Waals surface area (Å²) in [6, 6.07) is 0. The Labute approximate surface area is 132 Å². The minimum Gasteiger partial charge on any atom is -0.478 e. The normalized spacial score (nSPS) is 12.0. The number of carboxylic acid groups (broad SMARTS) is 2. The Bertz CT molecular complexity index is 402. The van der Waals surface area contributed by atoms with Gasteiger partial charge in [-0.25, -0.2) is 9.59 Å². The lowest BCUT2D eigenvalue weighted by Gasteiger charge is -2.05. The molecule has 0 aliphatic rings.